The van der Waals surface area contributed by atoms with Crippen LogP contribution in [0.15, 0.2) is 42.6 Å². The van der Waals surface area contributed by atoms with Gasteiger partial charge in [-0.2, -0.15) is 5.26 Å². The van der Waals surface area contributed by atoms with E-state index in [1.165, 1.54) is 18.3 Å². The zero-order valence-corrected chi connectivity index (χ0v) is 14.4. The molecule has 0 unspecified atom stereocenters. The van der Waals surface area contributed by atoms with Crippen LogP contribution in [0.1, 0.15) is 27.0 Å². The fraction of sp³-hybridized carbons (Fsp3) is 0.150. The third-order valence-corrected chi connectivity index (χ3v) is 4.13. The van der Waals surface area contributed by atoms with E-state index < -0.39 is 0 Å². The normalized spacial score (nSPS) is 10.4. The number of carbonyl (C=O) groups is 1. The monoisotopic (exact) mass is 348 g/mol. The van der Waals surface area contributed by atoms with Crippen LogP contribution >= 0.6 is 0 Å². The summed E-state index contributed by atoms with van der Waals surface area (Å²) in [6.45, 7) is 2.16. The molecule has 26 heavy (non-hydrogen) atoms. The van der Waals surface area contributed by atoms with Crippen LogP contribution in [0.2, 0.25) is 0 Å². The zero-order valence-electron chi connectivity index (χ0n) is 14.4. The molecule has 1 aromatic heterocycles. The predicted molar refractivity (Wildman–Crippen MR) is 98.3 cm³/mol. The molecule has 5 nitrogen and oxygen atoms in total. The molecule has 0 spiro atoms. The lowest BCUT2D eigenvalue weighted by atomic mass is 10.1. The predicted octanol–water partition coefficient (Wildman–Crippen LogP) is 3.53. The lowest BCUT2D eigenvalue weighted by Gasteiger charge is -2.13. The van der Waals surface area contributed by atoms with Crippen LogP contribution in [0.5, 0.6) is 0 Å². The van der Waals surface area contributed by atoms with Crippen molar-refractivity contribution >= 4 is 22.5 Å². The molecular formula is C20H17FN4O. The Morgan fingerprint density at radius 3 is 2.85 bits per heavy atom. The van der Waals surface area contributed by atoms with Crippen molar-refractivity contribution in [3.8, 4) is 6.07 Å². The summed E-state index contributed by atoms with van der Waals surface area (Å²) in [6, 6.07) is 12.0. The number of halogens is 1. The van der Waals surface area contributed by atoms with E-state index in [1.54, 1.807) is 32.2 Å². The van der Waals surface area contributed by atoms with Crippen LogP contribution in [-0.4, -0.2) is 17.9 Å². The first-order valence-corrected chi connectivity index (χ1v) is 8.07. The molecule has 130 valence electrons. The molecule has 0 saturated carbocycles. The molecule has 1 amide bonds. The SMILES string of the molecule is CNC(=O)c1cccc(CNc2c(C#N)cnc3c(C)cc(F)cc23)c1. The lowest BCUT2D eigenvalue weighted by molar-refractivity contribution is 0.0963. The first-order valence-electron chi connectivity index (χ1n) is 8.07. The number of aryl methyl sites for hydroxylation is 1. The average Bonchev–Trinajstić information content (AvgIpc) is 2.65. The van der Waals surface area contributed by atoms with Gasteiger partial charge in [-0.3, -0.25) is 9.78 Å². The average molecular weight is 348 g/mol. The molecule has 3 aromatic rings. The Labute approximate surface area is 150 Å². The van der Waals surface area contributed by atoms with E-state index in [0.29, 0.717) is 39.8 Å². The summed E-state index contributed by atoms with van der Waals surface area (Å²) in [5.74, 6) is -0.548. The van der Waals surface area contributed by atoms with Gasteiger partial charge in [-0.05, 0) is 42.3 Å². The van der Waals surface area contributed by atoms with Gasteiger partial charge in [0.2, 0.25) is 0 Å². The molecule has 0 bridgehead atoms. The van der Waals surface area contributed by atoms with Gasteiger partial charge in [0.15, 0.2) is 0 Å². The lowest BCUT2D eigenvalue weighted by Crippen LogP contribution is -2.18. The number of nitrogens with one attached hydrogen (secondary N) is 2. The Morgan fingerprint density at radius 2 is 2.12 bits per heavy atom. The summed E-state index contributed by atoms with van der Waals surface area (Å²) in [5.41, 5.74) is 3.64. The van der Waals surface area contributed by atoms with E-state index in [9.17, 15) is 14.4 Å². The topological polar surface area (TPSA) is 77.8 Å². The Morgan fingerprint density at radius 1 is 1.31 bits per heavy atom. The van der Waals surface area contributed by atoms with Crippen LogP contribution < -0.4 is 10.6 Å². The molecule has 3 rings (SSSR count). The summed E-state index contributed by atoms with van der Waals surface area (Å²) < 4.78 is 13.9. The highest BCUT2D eigenvalue weighted by atomic mass is 19.1. The number of nitriles is 1. The van der Waals surface area contributed by atoms with Gasteiger partial charge >= 0.3 is 0 Å². The number of rotatable bonds is 4. The van der Waals surface area contributed by atoms with Gasteiger partial charge in [-0.15, -0.1) is 0 Å². The summed E-state index contributed by atoms with van der Waals surface area (Å²) in [5, 5.41) is 15.7. The van der Waals surface area contributed by atoms with Gasteiger partial charge in [-0.25, -0.2) is 4.39 Å². The smallest absolute Gasteiger partial charge is 0.251 e. The minimum atomic E-state index is -0.378. The van der Waals surface area contributed by atoms with Crippen molar-refractivity contribution in [3.63, 3.8) is 0 Å². The molecule has 6 heteroatoms. The molecule has 0 atom stereocenters. The fourth-order valence-corrected chi connectivity index (χ4v) is 2.87. The summed E-state index contributed by atoms with van der Waals surface area (Å²) >= 11 is 0. The van der Waals surface area contributed by atoms with Gasteiger partial charge in [0.25, 0.3) is 5.91 Å². The van der Waals surface area contributed by atoms with E-state index in [0.717, 1.165) is 5.56 Å². The minimum absolute atomic E-state index is 0.170. The van der Waals surface area contributed by atoms with Crippen LogP contribution in [0.25, 0.3) is 10.9 Å². The Balaban J connectivity index is 1.99. The van der Waals surface area contributed by atoms with E-state index in [1.807, 2.05) is 6.07 Å². The summed E-state index contributed by atoms with van der Waals surface area (Å²) in [6.07, 6.45) is 1.48. The summed E-state index contributed by atoms with van der Waals surface area (Å²) in [7, 11) is 1.58. The first kappa shape index (κ1) is 17.4. The molecular weight excluding hydrogens is 331 g/mol. The number of pyridine rings is 1. The van der Waals surface area contributed by atoms with E-state index >= 15 is 0 Å². The molecule has 2 aromatic carbocycles. The summed E-state index contributed by atoms with van der Waals surface area (Å²) in [4.78, 5) is 16.0. The van der Waals surface area contributed by atoms with Crippen LogP contribution in [0, 0.1) is 24.1 Å². The van der Waals surface area contributed by atoms with Gasteiger partial charge in [0.1, 0.15) is 11.9 Å². The van der Waals surface area contributed by atoms with E-state index in [-0.39, 0.29) is 11.7 Å². The zero-order chi connectivity index (χ0) is 18.7. The molecule has 2 N–H and O–H groups in total. The van der Waals surface area contributed by atoms with Crippen molar-refractivity contribution < 1.29 is 9.18 Å². The number of fused-ring (bicyclic) bond motifs is 1. The van der Waals surface area contributed by atoms with Crippen molar-refractivity contribution in [2.45, 2.75) is 13.5 Å². The number of carbonyl (C=O) groups excluding carboxylic acids is 1. The first-order chi connectivity index (χ1) is 12.5. The second-order valence-electron chi connectivity index (χ2n) is 5.91. The largest absolute Gasteiger partial charge is 0.379 e. The number of hydrogen-bond acceptors (Lipinski definition) is 4. The van der Waals surface area contributed by atoms with E-state index in [2.05, 4.69) is 21.7 Å². The highest BCUT2D eigenvalue weighted by Crippen LogP contribution is 2.29. The number of aromatic nitrogens is 1. The van der Waals surface area contributed by atoms with Gasteiger partial charge < -0.3 is 10.6 Å². The number of anilines is 1. The van der Waals surface area contributed by atoms with Gasteiger partial charge in [0, 0.05) is 30.7 Å². The van der Waals surface area contributed by atoms with Crippen LogP contribution in [0.3, 0.4) is 0 Å². The minimum Gasteiger partial charge on any atom is -0.379 e. The number of hydrogen-bond donors (Lipinski definition) is 2. The van der Waals surface area contributed by atoms with Gasteiger partial charge in [0.05, 0.1) is 16.8 Å². The molecule has 0 aliphatic carbocycles. The molecule has 0 radical (unpaired) electrons. The Hall–Kier alpha value is -3.46. The maximum absolute atomic E-state index is 13.9. The molecule has 0 fully saturated rings. The van der Waals surface area contributed by atoms with Crippen molar-refractivity contribution in [1.29, 1.82) is 5.26 Å². The third-order valence-electron chi connectivity index (χ3n) is 4.13. The molecule has 1 heterocycles. The van der Waals surface area contributed by atoms with Crippen molar-refractivity contribution in [1.82, 2.24) is 10.3 Å². The molecule has 0 aliphatic rings. The number of benzene rings is 2. The van der Waals surface area contributed by atoms with Crippen molar-refractivity contribution in [2.24, 2.45) is 0 Å². The molecule has 0 saturated heterocycles. The Kier molecular flexibility index (Phi) is 4.81. The maximum Gasteiger partial charge on any atom is 0.251 e. The second-order valence-corrected chi connectivity index (χ2v) is 5.91. The fourth-order valence-electron chi connectivity index (χ4n) is 2.87. The van der Waals surface area contributed by atoms with Crippen molar-refractivity contribution in [2.75, 3.05) is 12.4 Å². The van der Waals surface area contributed by atoms with Crippen LogP contribution in [-0.2, 0) is 6.54 Å². The second kappa shape index (κ2) is 7.19. The quantitative estimate of drug-likeness (QED) is 0.756. The van der Waals surface area contributed by atoms with Crippen molar-refractivity contribution in [3.05, 3.63) is 70.7 Å². The van der Waals surface area contributed by atoms with Crippen LogP contribution in [0.4, 0.5) is 10.1 Å². The number of nitrogens with zero attached hydrogens (tertiary/aromatic N) is 2. The standard InChI is InChI=1S/C20H17FN4O/c1-12-6-16(21)8-17-18(12)25-11-15(9-22)19(17)24-10-13-4-3-5-14(7-13)20(26)23-2/h3-8,11H,10H2,1-2H3,(H,23,26)(H,24,25). The maximum atomic E-state index is 13.9. The van der Waals surface area contributed by atoms with E-state index in [4.69, 9.17) is 0 Å². The third kappa shape index (κ3) is 3.33. The highest BCUT2D eigenvalue weighted by Gasteiger charge is 2.12. The van der Waals surface area contributed by atoms with Gasteiger partial charge in [-0.1, -0.05) is 12.1 Å². The highest BCUT2D eigenvalue weighted by molar-refractivity contribution is 5.96. The number of amides is 1. The molecule has 0 aliphatic heterocycles. The Bertz CT molecular complexity index is 1040.